The van der Waals surface area contributed by atoms with Crippen molar-refractivity contribution in [1.82, 2.24) is 4.90 Å². The molecule has 92 valence electrons. The van der Waals surface area contributed by atoms with Gasteiger partial charge in [-0.2, -0.15) is 0 Å². The minimum atomic E-state index is -3.11. The van der Waals surface area contributed by atoms with Crippen molar-refractivity contribution < 1.29 is 18.0 Å². The molecule has 0 aromatic carbocycles. The molecule has 7 heteroatoms. The number of amides is 1. The van der Waals surface area contributed by atoms with Crippen LogP contribution >= 0.6 is 15.9 Å². The van der Waals surface area contributed by atoms with Gasteiger partial charge in [0.25, 0.3) is 0 Å². The van der Waals surface area contributed by atoms with Crippen molar-refractivity contribution in [3.63, 3.8) is 0 Å². The monoisotopic (exact) mass is 311 g/mol. The van der Waals surface area contributed by atoms with E-state index in [9.17, 15) is 18.0 Å². The lowest BCUT2D eigenvalue weighted by atomic mass is 10.1. The second-order valence-electron chi connectivity index (χ2n) is 3.86. The van der Waals surface area contributed by atoms with Crippen molar-refractivity contribution in [3.05, 3.63) is 0 Å². The van der Waals surface area contributed by atoms with E-state index >= 15 is 0 Å². The quantitative estimate of drug-likeness (QED) is 0.687. The van der Waals surface area contributed by atoms with Gasteiger partial charge in [-0.25, -0.2) is 8.42 Å². The smallest absolute Gasteiger partial charge is 0.219 e. The number of rotatable bonds is 3. The summed E-state index contributed by atoms with van der Waals surface area (Å²) in [6.07, 6.45) is 0.101. The first-order valence-corrected chi connectivity index (χ1v) is 7.85. The number of carbonyl (C=O) groups excluding carboxylic acids is 2. The lowest BCUT2D eigenvalue weighted by molar-refractivity contribution is -0.131. The van der Waals surface area contributed by atoms with Crippen LogP contribution < -0.4 is 0 Å². The Morgan fingerprint density at radius 1 is 1.44 bits per heavy atom. The molecule has 0 aromatic rings. The third-order valence-corrected chi connectivity index (χ3v) is 4.87. The van der Waals surface area contributed by atoms with E-state index < -0.39 is 15.9 Å². The molecule has 1 unspecified atom stereocenters. The van der Waals surface area contributed by atoms with Crippen LogP contribution in [0.25, 0.3) is 0 Å². The van der Waals surface area contributed by atoms with Crippen LogP contribution in [0.5, 0.6) is 0 Å². The molecule has 1 aliphatic rings. The molecular formula is C9H14BrNO4S. The van der Waals surface area contributed by atoms with Crippen LogP contribution in [0.2, 0.25) is 0 Å². The SMILES string of the molecule is CC(=O)N1CCS(=O)(=O)CC1CC(=O)CBr. The van der Waals surface area contributed by atoms with E-state index in [4.69, 9.17) is 0 Å². The summed E-state index contributed by atoms with van der Waals surface area (Å²) >= 11 is 3.02. The van der Waals surface area contributed by atoms with Gasteiger partial charge < -0.3 is 4.90 Å². The Labute approximate surface area is 103 Å². The third-order valence-electron chi connectivity index (χ3n) is 2.55. The average molecular weight is 312 g/mol. The van der Waals surface area contributed by atoms with E-state index in [0.717, 1.165) is 0 Å². The topological polar surface area (TPSA) is 71.5 Å². The van der Waals surface area contributed by atoms with Crippen molar-refractivity contribution in [2.75, 3.05) is 23.4 Å². The maximum Gasteiger partial charge on any atom is 0.219 e. The molecule has 5 nitrogen and oxygen atoms in total. The zero-order valence-electron chi connectivity index (χ0n) is 8.98. The van der Waals surface area contributed by atoms with Gasteiger partial charge in [0, 0.05) is 19.9 Å². The van der Waals surface area contributed by atoms with Crippen LogP contribution in [0.4, 0.5) is 0 Å². The predicted molar refractivity (Wildman–Crippen MR) is 63.2 cm³/mol. The Bertz CT molecular complexity index is 392. The van der Waals surface area contributed by atoms with Crippen LogP contribution in [0.15, 0.2) is 0 Å². The van der Waals surface area contributed by atoms with Gasteiger partial charge in [0.1, 0.15) is 5.78 Å². The molecule has 1 aliphatic heterocycles. The van der Waals surface area contributed by atoms with E-state index in [1.54, 1.807) is 0 Å². The maximum absolute atomic E-state index is 11.4. The predicted octanol–water partition coefficient (Wildman–Crippen LogP) is -0.0140. The minimum absolute atomic E-state index is 0.00835. The summed E-state index contributed by atoms with van der Waals surface area (Å²) in [5.74, 6) is -0.382. The molecule has 0 spiro atoms. The molecule has 0 saturated carbocycles. The van der Waals surface area contributed by atoms with Gasteiger partial charge in [-0.15, -0.1) is 0 Å². The molecule has 1 saturated heterocycles. The number of hydrogen-bond acceptors (Lipinski definition) is 4. The summed E-state index contributed by atoms with van der Waals surface area (Å²) in [5, 5.41) is 0.190. The average Bonchev–Trinajstić information content (AvgIpc) is 2.15. The molecule has 1 amide bonds. The molecular weight excluding hydrogens is 298 g/mol. The summed E-state index contributed by atoms with van der Waals surface area (Å²) in [6, 6.07) is -0.499. The number of hydrogen-bond donors (Lipinski definition) is 0. The number of halogens is 1. The fourth-order valence-corrected chi connectivity index (χ4v) is 3.54. The normalized spacial score (nSPS) is 24.1. The Morgan fingerprint density at radius 3 is 2.56 bits per heavy atom. The van der Waals surface area contributed by atoms with Gasteiger partial charge in [0.15, 0.2) is 9.84 Å². The van der Waals surface area contributed by atoms with Crippen molar-refractivity contribution in [2.24, 2.45) is 0 Å². The molecule has 0 aromatic heterocycles. The first-order valence-electron chi connectivity index (χ1n) is 4.91. The molecule has 1 fully saturated rings. The molecule has 1 rings (SSSR count). The van der Waals surface area contributed by atoms with Crippen molar-refractivity contribution >= 4 is 37.5 Å². The second kappa shape index (κ2) is 5.27. The number of alkyl halides is 1. The fourth-order valence-electron chi connectivity index (χ4n) is 1.79. The van der Waals surface area contributed by atoms with Crippen LogP contribution in [0.3, 0.4) is 0 Å². The van der Waals surface area contributed by atoms with Gasteiger partial charge in [0.05, 0.1) is 22.9 Å². The van der Waals surface area contributed by atoms with Crippen molar-refractivity contribution in [1.29, 1.82) is 0 Å². The number of sulfone groups is 1. The molecule has 0 N–H and O–H groups in total. The summed E-state index contributed by atoms with van der Waals surface area (Å²) in [6.45, 7) is 1.58. The first-order chi connectivity index (χ1) is 7.35. The highest BCUT2D eigenvalue weighted by atomic mass is 79.9. The highest BCUT2D eigenvalue weighted by molar-refractivity contribution is 9.09. The Morgan fingerprint density at radius 2 is 2.06 bits per heavy atom. The third kappa shape index (κ3) is 3.55. The van der Waals surface area contributed by atoms with E-state index in [1.807, 2.05) is 0 Å². The van der Waals surface area contributed by atoms with Crippen LogP contribution in [0.1, 0.15) is 13.3 Å². The Balaban J connectivity index is 2.80. The Hall–Kier alpha value is -0.430. The number of ketones is 1. The summed E-state index contributed by atoms with van der Waals surface area (Å²) < 4.78 is 22.9. The van der Waals surface area contributed by atoms with Crippen molar-refractivity contribution in [3.8, 4) is 0 Å². The van der Waals surface area contributed by atoms with Crippen LogP contribution in [-0.4, -0.2) is 54.4 Å². The summed E-state index contributed by atoms with van der Waals surface area (Å²) in [4.78, 5) is 24.1. The summed E-state index contributed by atoms with van der Waals surface area (Å²) in [7, 11) is -3.11. The van der Waals surface area contributed by atoms with Crippen LogP contribution in [-0.2, 0) is 19.4 Å². The zero-order valence-corrected chi connectivity index (χ0v) is 11.4. The van der Waals surface area contributed by atoms with E-state index in [1.165, 1.54) is 11.8 Å². The van der Waals surface area contributed by atoms with Gasteiger partial charge in [-0.05, 0) is 0 Å². The molecule has 16 heavy (non-hydrogen) atoms. The van der Waals surface area contributed by atoms with Gasteiger partial charge >= 0.3 is 0 Å². The highest BCUT2D eigenvalue weighted by Crippen LogP contribution is 2.15. The van der Waals surface area contributed by atoms with Crippen LogP contribution in [0, 0.1) is 0 Å². The number of Topliss-reactive ketones (excluding diaryl/α,β-unsaturated/α-hetero) is 1. The standard InChI is InChI=1S/C9H14BrNO4S/c1-7(12)11-2-3-16(14,15)6-8(11)4-9(13)5-10/h8H,2-6H2,1H3. The molecule has 0 aliphatic carbocycles. The lowest BCUT2D eigenvalue weighted by Crippen LogP contribution is -2.51. The van der Waals surface area contributed by atoms with E-state index in [2.05, 4.69) is 15.9 Å². The zero-order chi connectivity index (χ0) is 12.3. The summed E-state index contributed by atoms with van der Waals surface area (Å²) in [5.41, 5.74) is 0. The first kappa shape index (κ1) is 13.6. The van der Waals surface area contributed by atoms with E-state index in [0.29, 0.717) is 0 Å². The maximum atomic E-state index is 11.4. The van der Waals surface area contributed by atoms with Crippen molar-refractivity contribution in [2.45, 2.75) is 19.4 Å². The molecule has 0 bridgehead atoms. The molecule has 1 heterocycles. The van der Waals surface area contributed by atoms with Gasteiger partial charge in [0.2, 0.25) is 5.91 Å². The second-order valence-corrected chi connectivity index (χ2v) is 6.65. The fraction of sp³-hybridized carbons (Fsp3) is 0.778. The number of carbonyl (C=O) groups is 2. The molecule has 1 atom stereocenters. The lowest BCUT2D eigenvalue weighted by Gasteiger charge is -2.34. The Kier molecular flexibility index (Phi) is 4.49. The van der Waals surface area contributed by atoms with Gasteiger partial charge in [-0.1, -0.05) is 15.9 Å². The highest BCUT2D eigenvalue weighted by Gasteiger charge is 2.33. The molecule has 0 radical (unpaired) electrons. The number of nitrogens with zero attached hydrogens (tertiary/aromatic N) is 1. The largest absolute Gasteiger partial charge is 0.337 e. The minimum Gasteiger partial charge on any atom is -0.337 e. The van der Waals surface area contributed by atoms with E-state index in [-0.39, 0.29) is 41.5 Å². The van der Waals surface area contributed by atoms with Gasteiger partial charge in [-0.3, -0.25) is 9.59 Å².